The number of nitrogens with zero attached hydrogens (tertiary/aromatic N) is 5. The maximum atomic E-state index is 5.81. The number of hydrogen-bond acceptors (Lipinski definition) is 10. The first-order valence-electron chi connectivity index (χ1n) is 7.98. The zero-order valence-electron chi connectivity index (χ0n) is 14.3. The highest BCUT2D eigenvalue weighted by Gasteiger charge is 2.16. The second-order valence-electron chi connectivity index (χ2n) is 5.44. The summed E-state index contributed by atoms with van der Waals surface area (Å²) in [5.74, 6) is 2.42. The number of hydrogen-bond donors (Lipinski definition) is 2. The Hall–Kier alpha value is -3.53. The zero-order chi connectivity index (χ0) is 18.6. The standard InChI is InChI=1S/C17H15N7O2S/c1-25-11-7-8-27-14(11)15-20-13(24-26-15)9-12-21-16(18)23-17(22-12)19-10-5-3-2-4-6-10/h2-8H,9H2,1H3,(H3,18,19,21,22,23). The number of thiophene rings is 1. The van der Waals surface area contributed by atoms with Gasteiger partial charge < -0.3 is 20.3 Å². The summed E-state index contributed by atoms with van der Waals surface area (Å²) in [6, 6.07) is 11.4. The van der Waals surface area contributed by atoms with Crippen molar-refractivity contribution >= 4 is 28.9 Å². The highest BCUT2D eigenvalue weighted by molar-refractivity contribution is 7.13. The lowest BCUT2D eigenvalue weighted by Gasteiger charge is -2.06. The summed E-state index contributed by atoms with van der Waals surface area (Å²) >= 11 is 1.46. The molecule has 0 aliphatic carbocycles. The maximum Gasteiger partial charge on any atom is 0.271 e. The topological polar surface area (TPSA) is 125 Å². The van der Waals surface area contributed by atoms with Gasteiger partial charge in [0.1, 0.15) is 16.5 Å². The molecular formula is C17H15N7O2S. The van der Waals surface area contributed by atoms with E-state index in [-0.39, 0.29) is 12.4 Å². The average Bonchev–Trinajstić information content (AvgIpc) is 3.30. The number of rotatable bonds is 6. The summed E-state index contributed by atoms with van der Waals surface area (Å²) < 4.78 is 10.6. The monoisotopic (exact) mass is 381 g/mol. The molecular weight excluding hydrogens is 366 g/mol. The molecule has 0 saturated heterocycles. The summed E-state index contributed by atoms with van der Waals surface area (Å²) in [5, 5.41) is 8.98. The van der Waals surface area contributed by atoms with Gasteiger partial charge in [0.15, 0.2) is 5.82 Å². The first-order chi connectivity index (χ1) is 13.2. The summed E-state index contributed by atoms with van der Waals surface area (Å²) in [5.41, 5.74) is 6.65. The van der Waals surface area contributed by atoms with Crippen LogP contribution in [0.5, 0.6) is 5.75 Å². The zero-order valence-corrected chi connectivity index (χ0v) is 15.1. The van der Waals surface area contributed by atoms with E-state index in [9.17, 15) is 0 Å². The van der Waals surface area contributed by atoms with Crippen LogP contribution in [0.4, 0.5) is 17.6 Å². The molecule has 0 atom stereocenters. The van der Waals surface area contributed by atoms with Gasteiger partial charge in [-0.15, -0.1) is 11.3 Å². The molecule has 3 heterocycles. The van der Waals surface area contributed by atoms with Crippen molar-refractivity contribution in [2.45, 2.75) is 6.42 Å². The highest BCUT2D eigenvalue weighted by atomic mass is 32.1. The fraction of sp³-hybridized carbons (Fsp3) is 0.118. The molecule has 136 valence electrons. The maximum absolute atomic E-state index is 5.81. The van der Waals surface area contributed by atoms with E-state index >= 15 is 0 Å². The van der Waals surface area contributed by atoms with Gasteiger partial charge in [0, 0.05) is 5.69 Å². The van der Waals surface area contributed by atoms with E-state index in [0.717, 1.165) is 10.6 Å². The minimum atomic E-state index is 0.113. The van der Waals surface area contributed by atoms with Crippen molar-refractivity contribution in [2.24, 2.45) is 0 Å². The molecule has 0 aliphatic heterocycles. The molecule has 0 spiro atoms. The quantitative estimate of drug-likeness (QED) is 0.518. The van der Waals surface area contributed by atoms with Crippen molar-refractivity contribution < 1.29 is 9.26 Å². The summed E-state index contributed by atoms with van der Waals surface area (Å²) in [4.78, 5) is 17.8. The van der Waals surface area contributed by atoms with Crippen LogP contribution in [0.3, 0.4) is 0 Å². The summed E-state index contributed by atoms with van der Waals surface area (Å²) in [6.45, 7) is 0. The molecule has 10 heteroatoms. The number of nitrogens with two attached hydrogens (primary N) is 1. The van der Waals surface area contributed by atoms with Crippen LogP contribution in [0.15, 0.2) is 46.3 Å². The van der Waals surface area contributed by atoms with Gasteiger partial charge in [0.2, 0.25) is 11.9 Å². The molecule has 0 aliphatic rings. The highest BCUT2D eigenvalue weighted by Crippen LogP contribution is 2.34. The lowest BCUT2D eigenvalue weighted by Crippen LogP contribution is -2.08. The molecule has 4 aromatic rings. The van der Waals surface area contributed by atoms with E-state index in [1.165, 1.54) is 11.3 Å². The van der Waals surface area contributed by atoms with Crippen molar-refractivity contribution in [3.63, 3.8) is 0 Å². The summed E-state index contributed by atoms with van der Waals surface area (Å²) in [7, 11) is 1.59. The number of ether oxygens (including phenoxy) is 1. The number of anilines is 3. The molecule has 0 saturated carbocycles. The fourth-order valence-electron chi connectivity index (χ4n) is 2.40. The van der Waals surface area contributed by atoms with Crippen LogP contribution in [0, 0.1) is 0 Å². The Morgan fingerprint density at radius 2 is 1.93 bits per heavy atom. The van der Waals surface area contributed by atoms with Crippen LogP contribution < -0.4 is 15.8 Å². The SMILES string of the molecule is COc1ccsc1-c1nc(Cc2nc(N)nc(Nc3ccccc3)n2)no1. The van der Waals surface area contributed by atoms with Crippen LogP contribution >= 0.6 is 11.3 Å². The van der Waals surface area contributed by atoms with E-state index < -0.39 is 0 Å². The Kier molecular flexibility index (Phi) is 4.62. The molecule has 3 N–H and O–H groups in total. The molecule has 3 aromatic heterocycles. The molecule has 9 nitrogen and oxygen atoms in total. The fourth-order valence-corrected chi connectivity index (χ4v) is 3.18. The van der Waals surface area contributed by atoms with E-state index in [0.29, 0.717) is 29.2 Å². The van der Waals surface area contributed by atoms with Crippen LogP contribution in [-0.4, -0.2) is 32.2 Å². The lowest BCUT2D eigenvalue weighted by atomic mass is 10.3. The van der Waals surface area contributed by atoms with Gasteiger partial charge in [0.05, 0.1) is 13.5 Å². The predicted octanol–water partition coefficient (Wildman–Crippen LogP) is 2.91. The van der Waals surface area contributed by atoms with Gasteiger partial charge in [-0.05, 0) is 23.6 Å². The first-order valence-corrected chi connectivity index (χ1v) is 8.86. The van der Waals surface area contributed by atoms with Crippen molar-refractivity contribution in [3.8, 4) is 16.5 Å². The average molecular weight is 381 g/mol. The third-order valence-electron chi connectivity index (χ3n) is 3.56. The van der Waals surface area contributed by atoms with Gasteiger partial charge in [0.25, 0.3) is 5.89 Å². The van der Waals surface area contributed by atoms with Crippen molar-refractivity contribution in [3.05, 3.63) is 53.4 Å². The molecule has 0 amide bonds. The van der Waals surface area contributed by atoms with E-state index in [1.807, 2.05) is 41.8 Å². The number of nitrogens with one attached hydrogen (secondary N) is 1. The lowest BCUT2D eigenvalue weighted by molar-refractivity contribution is 0.405. The van der Waals surface area contributed by atoms with Gasteiger partial charge in [-0.1, -0.05) is 23.4 Å². The first kappa shape index (κ1) is 16.9. The molecule has 1 aromatic carbocycles. The minimum Gasteiger partial charge on any atom is -0.495 e. The van der Waals surface area contributed by atoms with Gasteiger partial charge >= 0.3 is 0 Å². The normalized spacial score (nSPS) is 10.7. The second kappa shape index (κ2) is 7.38. The van der Waals surface area contributed by atoms with Crippen LogP contribution in [0.2, 0.25) is 0 Å². The second-order valence-corrected chi connectivity index (χ2v) is 6.35. The van der Waals surface area contributed by atoms with Crippen LogP contribution in [-0.2, 0) is 6.42 Å². The Balaban J connectivity index is 1.54. The van der Waals surface area contributed by atoms with Crippen LogP contribution in [0.25, 0.3) is 10.8 Å². The van der Waals surface area contributed by atoms with E-state index in [2.05, 4.69) is 30.4 Å². The summed E-state index contributed by atoms with van der Waals surface area (Å²) in [6.07, 6.45) is 0.257. The number of aromatic nitrogens is 5. The van der Waals surface area contributed by atoms with E-state index in [4.69, 9.17) is 15.0 Å². The molecule has 0 radical (unpaired) electrons. The molecule has 4 rings (SSSR count). The van der Waals surface area contributed by atoms with Crippen molar-refractivity contribution in [1.29, 1.82) is 0 Å². The predicted molar refractivity (Wildman–Crippen MR) is 101 cm³/mol. The van der Waals surface area contributed by atoms with Gasteiger partial charge in [-0.2, -0.15) is 19.9 Å². The van der Waals surface area contributed by atoms with Crippen LogP contribution in [0.1, 0.15) is 11.6 Å². The number of methoxy groups -OCH3 is 1. The number of nitrogen functional groups attached to an aromatic ring is 1. The third-order valence-corrected chi connectivity index (χ3v) is 4.44. The molecule has 27 heavy (non-hydrogen) atoms. The molecule has 0 unspecified atom stereocenters. The Labute approximate surface area is 158 Å². The smallest absolute Gasteiger partial charge is 0.271 e. The number of para-hydroxylation sites is 1. The number of benzene rings is 1. The Bertz CT molecular complexity index is 1050. The molecule has 0 fully saturated rings. The minimum absolute atomic E-state index is 0.113. The van der Waals surface area contributed by atoms with Gasteiger partial charge in [-0.3, -0.25) is 0 Å². The Morgan fingerprint density at radius 3 is 2.74 bits per heavy atom. The van der Waals surface area contributed by atoms with Crippen molar-refractivity contribution in [1.82, 2.24) is 25.1 Å². The van der Waals surface area contributed by atoms with E-state index in [1.54, 1.807) is 7.11 Å². The Morgan fingerprint density at radius 1 is 1.07 bits per heavy atom. The largest absolute Gasteiger partial charge is 0.495 e. The molecule has 0 bridgehead atoms. The van der Waals surface area contributed by atoms with Crippen molar-refractivity contribution in [2.75, 3.05) is 18.2 Å². The third kappa shape index (κ3) is 3.85. The van der Waals surface area contributed by atoms with Gasteiger partial charge in [-0.25, -0.2) is 0 Å².